The van der Waals surface area contributed by atoms with E-state index in [2.05, 4.69) is 27.3 Å². The lowest BCUT2D eigenvalue weighted by Crippen LogP contribution is -2.35. The molecular weight excluding hydrogens is 715 g/mol. The van der Waals surface area contributed by atoms with Crippen LogP contribution in [0.1, 0.15) is 36.1 Å². The van der Waals surface area contributed by atoms with Gasteiger partial charge in [0, 0.05) is 95.6 Å². The highest BCUT2D eigenvalue weighted by Crippen LogP contribution is 2.43. The van der Waals surface area contributed by atoms with E-state index in [0.29, 0.717) is 65.7 Å². The van der Waals surface area contributed by atoms with Crippen molar-refractivity contribution in [2.75, 3.05) is 20.2 Å². The van der Waals surface area contributed by atoms with Gasteiger partial charge in [0.25, 0.3) is 0 Å². The molecule has 9 nitrogen and oxygen atoms in total. The highest BCUT2D eigenvalue weighted by Gasteiger charge is 2.22. The lowest BCUT2D eigenvalue weighted by atomic mass is 9.97. The predicted octanol–water partition coefficient (Wildman–Crippen LogP) is 7.40. The molecule has 0 bridgehead atoms. The van der Waals surface area contributed by atoms with Gasteiger partial charge in [-0.2, -0.15) is 0 Å². The van der Waals surface area contributed by atoms with Gasteiger partial charge in [0.05, 0.1) is 38.1 Å². The minimum Gasteiger partial charge on any atom is -0.481 e. The fraction of sp³-hybridized carbons (Fsp3) is 0.297. The molecule has 50 heavy (non-hydrogen) atoms. The summed E-state index contributed by atoms with van der Waals surface area (Å²) in [4.78, 5) is 33.5. The van der Waals surface area contributed by atoms with Gasteiger partial charge in [-0.1, -0.05) is 77.3 Å². The van der Waals surface area contributed by atoms with Crippen LogP contribution in [0.4, 0.5) is 0 Å². The second-order valence-electron chi connectivity index (χ2n) is 12.5. The van der Waals surface area contributed by atoms with E-state index in [1.807, 2.05) is 48.5 Å². The Kier molecular flexibility index (Phi) is 10.6. The number of methoxy groups -OCH3 is 1. The Morgan fingerprint density at radius 1 is 0.820 bits per heavy atom. The number of pyridine rings is 2. The number of amides is 2. The minimum absolute atomic E-state index is 0.0991. The predicted molar refractivity (Wildman–Crippen MR) is 201 cm³/mol. The van der Waals surface area contributed by atoms with Crippen molar-refractivity contribution in [2.45, 2.75) is 50.9 Å². The number of carbonyl (C=O) groups excluding carboxylic acids is 2. The number of thiophene rings is 1. The number of aromatic nitrogens is 2. The van der Waals surface area contributed by atoms with E-state index in [0.717, 1.165) is 61.3 Å². The summed E-state index contributed by atoms with van der Waals surface area (Å²) in [5.41, 5.74) is 6.35. The van der Waals surface area contributed by atoms with Crippen molar-refractivity contribution in [2.24, 2.45) is 0 Å². The Labute approximate surface area is 309 Å². The third kappa shape index (κ3) is 7.32. The molecule has 7 rings (SSSR count). The normalized spacial score (nSPS) is 17.4. The van der Waals surface area contributed by atoms with Gasteiger partial charge in [0.2, 0.25) is 17.7 Å². The first kappa shape index (κ1) is 34.7. The van der Waals surface area contributed by atoms with Crippen LogP contribution in [-0.2, 0) is 22.7 Å². The molecule has 4 N–H and O–H groups in total. The largest absolute Gasteiger partial charge is 0.481 e. The van der Waals surface area contributed by atoms with Gasteiger partial charge in [0.1, 0.15) is 0 Å². The standard InChI is InChI=1S/C37H35Cl3N6O3S/c1-49-37-20(15-41-17-22-9-12-31(47)44-22)8-11-28(46-37)27-7-3-6-26(34(27)39)25-5-2-4-24(33(25)38)21-14-29-36(43-16-21)35(40)30(50-29)19-42-18-23-10-13-32(48)45-23/h2-8,11,14,16,22-23,41-42H,9-10,12-13,15,17-19H2,1H3,(H,44,47)(H,45,48)/t22-,23+/m0/s1. The smallest absolute Gasteiger partial charge is 0.220 e. The number of rotatable bonds is 12. The Hall–Kier alpha value is -3.77. The fourth-order valence-electron chi connectivity index (χ4n) is 6.49. The molecule has 2 fully saturated rings. The van der Waals surface area contributed by atoms with Gasteiger partial charge >= 0.3 is 0 Å². The number of nitrogens with one attached hydrogen (secondary N) is 4. The van der Waals surface area contributed by atoms with Gasteiger partial charge in [-0.05, 0) is 25.0 Å². The van der Waals surface area contributed by atoms with Crippen LogP contribution in [0.25, 0.3) is 43.7 Å². The first-order valence-corrected chi connectivity index (χ1v) is 18.4. The molecular formula is C37H35Cl3N6O3S. The van der Waals surface area contributed by atoms with E-state index in [1.165, 1.54) is 0 Å². The van der Waals surface area contributed by atoms with Crippen LogP contribution >= 0.6 is 46.1 Å². The molecule has 2 aliphatic heterocycles. The molecule has 0 unspecified atom stereocenters. The molecule has 2 atom stereocenters. The monoisotopic (exact) mass is 748 g/mol. The van der Waals surface area contributed by atoms with E-state index < -0.39 is 0 Å². The summed E-state index contributed by atoms with van der Waals surface area (Å²) in [5, 5.41) is 14.5. The summed E-state index contributed by atoms with van der Waals surface area (Å²) in [5.74, 6) is 0.707. The third-order valence-corrected chi connectivity index (χ3v) is 11.6. The number of halogens is 3. The average Bonchev–Trinajstić information content (AvgIpc) is 3.82. The fourth-order valence-corrected chi connectivity index (χ4v) is 8.60. The maximum absolute atomic E-state index is 11.5. The zero-order valence-corrected chi connectivity index (χ0v) is 30.3. The summed E-state index contributed by atoms with van der Waals surface area (Å²) in [7, 11) is 1.60. The second kappa shape index (κ2) is 15.2. The summed E-state index contributed by atoms with van der Waals surface area (Å²) in [6, 6.07) is 18.0. The van der Waals surface area contributed by atoms with Gasteiger partial charge in [-0.25, -0.2) is 4.98 Å². The minimum atomic E-state index is 0.0991. The summed E-state index contributed by atoms with van der Waals surface area (Å²) in [6.07, 6.45) is 4.62. The molecule has 2 aromatic carbocycles. The Balaban J connectivity index is 1.10. The number of fused-ring (bicyclic) bond motifs is 1. The van der Waals surface area contributed by atoms with Crippen LogP contribution < -0.4 is 26.0 Å². The molecule has 258 valence electrons. The van der Waals surface area contributed by atoms with Gasteiger partial charge in [-0.15, -0.1) is 11.3 Å². The number of nitrogens with zero attached hydrogens (tertiary/aromatic N) is 2. The van der Waals surface area contributed by atoms with Crippen LogP contribution in [0.15, 0.2) is 60.8 Å². The SMILES string of the molecule is COc1nc(-c2cccc(-c3cccc(-c4cnc5c(Cl)c(CNC[C@H]6CCC(=O)N6)sc5c4)c3Cl)c2Cl)ccc1CNC[C@@H]1CCC(=O)N1. The van der Waals surface area contributed by atoms with Gasteiger partial charge < -0.3 is 26.0 Å². The molecule has 0 saturated carbocycles. The van der Waals surface area contributed by atoms with Gasteiger partial charge in [0.15, 0.2) is 0 Å². The second-order valence-corrected chi connectivity index (χ2v) is 14.7. The van der Waals surface area contributed by atoms with Crippen molar-refractivity contribution < 1.29 is 14.3 Å². The lowest BCUT2D eigenvalue weighted by molar-refractivity contribution is -0.120. The molecule has 2 saturated heterocycles. The maximum Gasteiger partial charge on any atom is 0.220 e. The van der Waals surface area contributed by atoms with E-state index in [9.17, 15) is 9.59 Å². The van der Waals surface area contributed by atoms with Crippen molar-refractivity contribution in [3.05, 3.63) is 86.3 Å². The first-order valence-electron chi connectivity index (χ1n) is 16.5. The highest BCUT2D eigenvalue weighted by molar-refractivity contribution is 7.19. The zero-order valence-electron chi connectivity index (χ0n) is 27.2. The number of hydrogen-bond donors (Lipinski definition) is 4. The quantitative estimate of drug-likeness (QED) is 0.105. The molecule has 0 aliphatic carbocycles. The molecule has 2 aliphatic rings. The Morgan fingerprint density at radius 3 is 2.08 bits per heavy atom. The summed E-state index contributed by atoms with van der Waals surface area (Å²) >= 11 is 22.6. The van der Waals surface area contributed by atoms with Crippen molar-refractivity contribution >= 4 is 68.2 Å². The van der Waals surface area contributed by atoms with Crippen LogP contribution in [0.3, 0.4) is 0 Å². The number of ether oxygens (including phenoxy) is 1. The number of benzene rings is 2. The summed E-state index contributed by atoms with van der Waals surface area (Å²) in [6.45, 7) is 2.51. The van der Waals surface area contributed by atoms with E-state index >= 15 is 0 Å². The van der Waals surface area contributed by atoms with E-state index in [1.54, 1.807) is 24.6 Å². The molecule has 0 radical (unpaired) electrons. The molecule has 2 amide bonds. The molecule has 3 aromatic heterocycles. The van der Waals surface area contributed by atoms with Crippen LogP contribution in [0.2, 0.25) is 15.1 Å². The zero-order chi connectivity index (χ0) is 34.8. The topological polar surface area (TPSA) is 117 Å². The Bertz CT molecular complexity index is 2090. The van der Waals surface area contributed by atoms with Crippen LogP contribution in [0, 0.1) is 0 Å². The average molecular weight is 750 g/mol. The third-order valence-electron chi connectivity index (χ3n) is 9.10. The lowest BCUT2D eigenvalue weighted by Gasteiger charge is -2.15. The molecule has 0 spiro atoms. The molecule has 5 aromatic rings. The number of hydrogen-bond acceptors (Lipinski definition) is 8. The van der Waals surface area contributed by atoms with Crippen LogP contribution in [0.5, 0.6) is 5.88 Å². The van der Waals surface area contributed by atoms with Crippen molar-refractivity contribution in [1.29, 1.82) is 0 Å². The van der Waals surface area contributed by atoms with Crippen molar-refractivity contribution in [3.8, 4) is 39.4 Å². The molecule has 5 heterocycles. The van der Waals surface area contributed by atoms with E-state index in [4.69, 9.17) is 49.5 Å². The highest BCUT2D eigenvalue weighted by atomic mass is 35.5. The maximum atomic E-state index is 11.5. The van der Waals surface area contributed by atoms with E-state index in [-0.39, 0.29) is 23.9 Å². The molecule has 13 heteroatoms. The number of carbonyl (C=O) groups is 2. The summed E-state index contributed by atoms with van der Waals surface area (Å²) < 4.78 is 6.62. The Morgan fingerprint density at radius 2 is 1.44 bits per heavy atom. The van der Waals surface area contributed by atoms with Gasteiger partial charge in [-0.3, -0.25) is 14.6 Å². The van der Waals surface area contributed by atoms with Crippen molar-refractivity contribution in [3.63, 3.8) is 0 Å². The first-order chi connectivity index (χ1) is 24.3. The van der Waals surface area contributed by atoms with Crippen LogP contribution in [-0.4, -0.2) is 54.1 Å². The van der Waals surface area contributed by atoms with Crippen molar-refractivity contribution in [1.82, 2.24) is 31.2 Å².